The molecular weight excluding hydrogens is 302 g/mol. The number of ether oxygens (including phenoxy) is 2. The molecule has 24 heavy (non-hydrogen) atoms. The van der Waals surface area contributed by atoms with Crippen molar-refractivity contribution in [3.63, 3.8) is 0 Å². The number of aryl methyl sites for hydroxylation is 2. The Morgan fingerprint density at radius 1 is 1.12 bits per heavy atom. The molecule has 0 N–H and O–H groups in total. The van der Waals surface area contributed by atoms with Gasteiger partial charge in [-0.2, -0.15) is 0 Å². The van der Waals surface area contributed by atoms with Crippen LogP contribution in [0.1, 0.15) is 29.2 Å². The van der Waals surface area contributed by atoms with Crippen molar-refractivity contribution in [3.05, 3.63) is 70.4 Å². The van der Waals surface area contributed by atoms with Crippen LogP contribution in [0, 0.1) is 13.8 Å². The van der Waals surface area contributed by atoms with Gasteiger partial charge in [0.25, 0.3) is 0 Å². The lowest BCUT2D eigenvalue weighted by molar-refractivity contribution is -0.129. The number of esters is 1. The maximum Gasteiger partial charge on any atom is 0.363 e. The van der Waals surface area contributed by atoms with E-state index in [0.717, 1.165) is 22.4 Å². The Kier molecular flexibility index (Phi) is 4.47. The van der Waals surface area contributed by atoms with Crippen molar-refractivity contribution in [2.45, 2.75) is 20.8 Å². The predicted molar refractivity (Wildman–Crippen MR) is 94.1 cm³/mol. The molecule has 4 nitrogen and oxygen atoms in total. The summed E-state index contributed by atoms with van der Waals surface area (Å²) in [4.78, 5) is 16.4. The Morgan fingerprint density at radius 2 is 1.96 bits per heavy atom. The molecule has 0 saturated heterocycles. The lowest BCUT2D eigenvalue weighted by atomic mass is 10.1. The normalized spacial score (nSPS) is 15.4. The van der Waals surface area contributed by atoms with Gasteiger partial charge >= 0.3 is 5.97 Å². The predicted octanol–water partition coefficient (Wildman–Crippen LogP) is 4.05. The number of nitrogens with zero attached hydrogens (tertiary/aromatic N) is 1. The van der Waals surface area contributed by atoms with Crippen molar-refractivity contribution >= 4 is 17.9 Å². The smallest absolute Gasteiger partial charge is 0.363 e. The van der Waals surface area contributed by atoms with Gasteiger partial charge in [0.1, 0.15) is 5.75 Å². The molecule has 2 aromatic carbocycles. The summed E-state index contributed by atoms with van der Waals surface area (Å²) in [5, 5.41) is 0. The Balaban J connectivity index is 1.91. The highest BCUT2D eigenvalue weighted by atomic mass is 16.6. The zero-order valence-corrected chi connectivity index (χ0v) is 14.0. The molecular formula is C20H19NO3. The van der Waals surface area contributed by atoms with Crippen LogP contribution in [0.3, 0.4) is 0 Å². The third-order valence-corrected chi connectivity index (χ3v) is 3.85. The van der Waals surface area contributed by atoms with Gasteiger partial charge in [0.2, 0.25) is 5.90 Å². The molecule has 1 aliphatic rings. The van der Waals surface area contributed by atoms with Gasteiger partial charge in [-0.05, 0) is 67.8 Å². The summed E-state index contributed by atoms with van der Waals surface area (Å²) in [6.07, 6.45) is 1.71. The summed E-state index contributed by atoms with van der Waals surface area (Å²) in [6, 6.07) is 13.4. The minimum Gasteiger partial charge on any atom is -0.494 e. The molecule has 3 rings (SSSR count). The third kappa shape index (κ3) is 3.38. The largest absolute Gasteiger partial charge is 0.494 e. The molecule has 0 spiro atoms. The molecule has 0 radical (unpaired) electrons. The Labute approximate surface area is 141 Å². The minimum atomic E-state index is -0.440. The van der Waals surface area contributed by atoms with Gasteiger partial charge in [0.05, 0.1) is 6.61 Å². The zero-order chi connectivity index (χ0) is 17.1. The number of benzene rings is 2. The summed E-state index contributed by atoms with van der Waals surface area (Å²) >= 11 is 0. The van der Waals surface area contributed by atoms with Crippen molar-refractivity contribution in [1.29, 1.82) is 0 Å². The maximum absolute atomic E-state index is 12.1. The molecule has 0 fully saturated rings. The van der Waals surface area contributed by atoms with Crippen LogP contribution >= 0.6 is 0 Å². The second kappa shape index (κ2) is 6.71. The fraction of sp³-hybridized carbons (Fsp3) is 0.200. The summed E-state index contributed by atoms with van der Waals surface area (Å²) < 4.78 is 10.8. The van der Waals surface area contributed by atoms with Gasteiger partial charge in [-0.3, -0.25) is 0 Å². The van der Waals surface area contributed by atoms with E-state index in [0.29, 0.717) is 12.5 Å². The van der Waals surface area contributed by atoms with Crippen LogP contribution in [0.5, 0.6) is 5.75 Å². The van der Waals surface area contributed by atoms with Crippen molar-refractivity contribution in [1.82, 2.24) is 0 Å². The summed E-state index contributed by atoms with van der Waals surface area (Å²) in [6.45, 7) is 6.58. The van der Waals surface area contributed by atoms with Crippen LogP contribution < -0.4 is 4.74 Å². The van der Waals surface area contributed by atoms with Crippen LogP contribution in [0.25, 0.3) is 6.08 Å². The molecule has 0 saturated carbocycles. The van der Waals surface area contributed by atoms with E-state index in [-0.39, 0.29) is 5.70 Å². The summed E-state index contributed by atoms with van der Waals surface area (Å²) in [5.74, 6) is 0.664. The SMILES string of the molecule is CCOc1cccc(/C=C2/N=C(c3ccc(C)c(C)c3)OC2=O)c1. The zero-order valence-electron chi connectivity index (χ0n) is 14.0. The molecule has 0 aromatic heterocycles. The highest BCUT2D eigenvalue weighted by molar-refractivity contribution is 6.12. The number of carbonyl (C=O) groups is 1. The second-order valence-corrected chi connectivity index (χ2v) is 5.64. The van der Waals surface area contributed by atoms with Crippen LogP contribution in [0.4, 0.5) is 0 Å². The standard InChI is InChI=1S/C20H19NO3/c1-4-23-17-7-5-6-15(11-17)12-18-20(22)24-19(21-18)16-9-8-13(2)14(3)10-16/h5-12H,4H2,1-3H3/b18-12+. The summed E-state index contributed by atoms with van der Waals surface area (Å²) in [5.41, 5.74) is 4.26. The van der Waals surface area contributed by atoms with Crippen LogP contribution in [-0.4, -0.2) is 18.5 Å². The average molecular weight is 321 g/mol. The lowest BCUT2D eigenvalue weighted by Gasteiger charge is -2.03. The van der Waals surface area contributed by atoms with Crippen molar-refractivity contribution < 1.29 is 14.3 Å². The number of cyclic esters (lactones) is 1. The molecule has 0 unspecified atom stereocenters. The van der Waals surface area contributed by atoms with Crippen LogP contribution in [0.15, 0.2) is 53.2 Å². The first-order chi connectivity index (χ1) is 11.6. The topological polar surface area (TPSA) is 47.9 Å². The first-order valence-electron chi connectivity index (χ1n) is 7.90. The van der Waals surface area contributed by atoms with E-state index in [1.165, 1.54) is 5.56 Å². The number of rotatable bonds is 4. The molecule has 0 aliphatic carbocycles. The Hall–Kier alpha value is -2.88. The molecule has 0 amide bonds. The highest BCUT2D eigenvalue weighted by Gasteiger charge is 2.24. The van der Waals surface area contributed by atoms with Gasteiger partial charge in [0.15, 0.2) is 5.70 Å². The Bertz CT molecular complexity index is 850. The molecule has 2 aromatic rings. The Morgan fingerprint density at radius 3 is 2.71 bits per heavy atom. The van der Waals surface area contributed by atoms with Gasteiger partial charge in [-0.1, -0.05) is 18.2 Å². The van der Waals surface area contributed by atoms with Gasteiger partial charge in [0, 0.05) is 5.56 Å². The fourth-order valence-corrected chi connectivity index (χ4v) is 2.43. The maximum atomic E-state index is 12.1. The average Bonchev–Trinajstić information content (AvgIpc) is 2.92. The quantitative estimate of drug-likeness (QED) is 0.630. The second-order valence-electron chi connectivity index (χ2n) is 5.64. The van der Waals surface area contributed by atoms with Crippen LogP contribution in [0.2, 0.25) is 0 Å². The van der Waals surface area contributed by atoms with E-state index in [1.807, 2.05) is 63.2 Å². The van der Waals surface area contributed by atoms with E-state index < -0.39 is 5.97 Å². The molecule has 0 atom stereocenters. The molecule has 122 valence electrons. The monoisotopic (exact) mass is 321 g/mol. The van der Waals surface area contributed by atoms with E-state index in [1.54, 1.807) is 6.08 Å². The number of carbonyl (C=O) groups excluding carboxylic acids is 1. The fourth-order valence-electron chi connectivity index (χ4n) is 2.43. The van der Waals surface area contributed by atoms with Gasteiger partial charge in [-0.15, -0.1) is 0 Å². The van der Waals surface area contributed by atoms with E-state index >= 15 is 0 Å². The number of aliphatic imine (C=N–C) groups is 1. The summed E-state index contributed by atoms with van der Waals surface area (Å²) in [7, 11) is 0. The number of hydrogen-bond donors (Lipinski definition) is 0. The van der Waals surface area contributed by atoms with Crippen LogP contribution in [-0.2, 0) is 9.53 Å². The first-order valence-corrected chi connectivity index (χ1v) is 7.90. The minimum absolute atomic E-state index is 0.289. The highest BCUT2D eigenvalue weighted by Crippen LogP contribution is 2.22. The molecule has 1 aliphatic heterocycles. The first kappa shape index (κ1) is 16.0. The van der Waals surface area contributed by atoms with Gasteiger partial charge in [-0.25, -0.2) is 9.79 Å². The molecule has 4 heteroatoms. The van der Waals surface area contributed by atoms with Gasteiger partial charge < -0.3 is 9.47 Å². The van der Waals surface area contributed by atoms with Crippen molar-refractivity contribution in [2.75, 3.05) is 6.61 Å². The van der Waals surface area contributed by atoms with Crippen molar-refractivity contribution in [2.24, 2.45) is 4.99 Å². The van der Waals surface area contributed by atoms with E-state index in [9.17, 15) is 4.79 Å². The van der Waals surface area contributed by atoms with E-state index in [2.05, 4.69) is 4.99 Å². The van der Waals surface area contributed by atoms with Crippen molar-refractivity contribution in [3.8, 4) is 5.75 Å². The molecule has 0 bridgehead atoms. The lowest BCUT2D eigenvalue weighted by Crippen LogP contribution is -2.05. The molecule has 1 heterocycles. The van der Waals surface area contributed by atoms with E-state index in [4.69, 9.17) is 9.47 Å². The third-order valence-electron chi connectivity index (χ3n) is 3.85. The number of hydrogen-bond acceptors (Lipinski definition) is 4.